The summed E-state index contributed by atoms with van der Waals surface area (Å²) in [5, 5.41) is 7.25. The predicted octanol–water partition coefficient (Wildman–Crippen LogP) is 7.87. The summed E-state index contributed by atoms with van der Waals surface area (Å²) in [5.41, 5.74) is 5.94. The topological polar surface area (TPSA) is 82.3 Å². The van der Waals surface area contributed by atoms with Gasteiger partial charge in [0.25, 0.3) is 0 Å². The smallest absolute Gasteiger partial charge is 0.357 e. The fourth-order valence-corrected chi connectivity index (χ4v) is 7.13. The van der Waals surface area contributed by atoms with E-state index in [1.54, 1.807) is 12.3 Å². The maximum absolute atomic E-state index is 13.5. The van der Waals surface area contributed by atoms with E-state index in [9.17, 15) is 9.59 Å². The molecule has 0 saturated heterocycles. The molecule has 214 valence electrons. The fraction of sp³-hybridized carbons (Fsp3) is 0.576. The molecular weight excluding hydrogens is 520 g/mol. The molecule has 40 heavy (non-hydrogen) atoms. The highest BCUT2D eigenvalue weighted by Gasteiger charge is 2.41. The Morgan fingerprint density at radius 3 is 2.60 bits per heavy atom. The molecule has 0 radical (unpaired) electrons. The number of thiazole rings is 1. The number of nitrogens with zero attached hydrogens (tertiary/aromatic N) is 2. The summed E-state index contributed by atoms with van der Waals surface area (Å²) in [6.45, 7) is 10.8. The van der Waals surface area contributed by atoms with E-state index in [1.165, 1.54) is 28.9 Å². The minimum atomic E-state index is -0.407. The van der Waals surface area contributed by atoms with Gasteiger partial charge in [0.1, 0.15) is 11.5 Å². The lowest BCUT2D eigenvalue weighted by Crippen LogP contribution is -2.23. The molecule has 0 aliphatic heterocycles. The molecule has 0 bridgehead atoms. The summed E-state index contributed by atoms with van der Waals surface area (Å²) in [4.78, 5) is 30.4. The predicted molar refractivity (Wildman–Crippen MR) is 157 cm³/mol. The van der Waals surface area contributed by atoms with Crippen molar-refractivity contribution < 1.29 is 18.8 Å². The van der Waals surface area contributed by atoms with Crippen LogP contribution in [-0.2, 0) is 22.4 Å². The molecule has 2 fully saturated rings. The third-order valence-corrected chi connectivity index (χ3v) is 9.26. The van der Waals surface area contributed by atoms with E-state index in [-0.39, 0.29) is 11.7 Å². The molecule has 6 nitrogen and oxygen atoms in total. The maximum atomic E-state index is 13.5. The van der Waals surface area contributed by atoms with Gasteiger partial charge in [0.15, 0.2) is 5.69 Å². The van der Waals surface area contributed by atoms with E-state index in [4.69, 9.17) is 9.26 Å². The molecular formula is C33H42N2O4S. The number of ether oxygens (including phenoxy) is 1. The van der Waals surface area contributed by atoms with Gasteiger partial charge in [0.2, 0.25) is 0 Å². The van der Waals surface area contributed by atoms with E-state index in [2.05, 4.69) is 56.0 Å². The molecule has 2 aliphatic rings. The Labute approximate surface area is 241 Å². The third kappa shape index (κ3) is 6.73. The van der Waals surface area contributed by atoms with Crippen molar-refractivity contribution in [3.63, 3.8) is 0 Å². The molecule has 2 aromatic heterocycles. The van der Waals surface area contributed by atoms with Crippen LogP contribution in [0.4, 0.5) is 0 Å². The first kappa shape index (κ1) is 28.7. The second kappa shape index (κ2) is 12.4. The van der Waals surface area contributed by atoms with E-state index in [1.807, 2.05) is 0 Å². The highest BCUT2D eigenvalue weighted by molar-refractivity contribution is 7.09. The maximum Gasteiger partial charge on any atom is 0.357 e. The molecule has 2 heterocycles. The Balaban J connectivity index is 1.40. The molecule has 1 unspecified atom stereocenters. The number of rotatable bonds is 13. The zero-order valence-electron chi connectivity index (χ0n) is 24.5. The van der Waals surface area contributed by atoms with Crippen molar-refractivity contribution in [3.05, 3.63) is 68.0 Å². The number of hydrogen-bond acceptors (Lipinski definition) is 7. The van der Waals surface area contributed by atoms with Crippen LogP contribution in [0.25, 0.3) is 0 Å². The molecule has 3 aromatic rings. The van der Waals surface area contributed by atoms with Crippen LogP contribution in [-0.4, -0.2) is 28.5 Å². The number of benzene rings is 1. The van der Waals surface area contributed by atoms with Crippen molar-refractivity contribution in [1.29, 1.82) is 0 Å². The molecule has 0 spiro atoms. The van der Waals surface area contributed by atoms with Crippen molar-refractivity contribution in [2.75, 3.05) is 6.61 Å². The van der Waals surface area contributed by atoms with Crippen LogP contribution >= 0.6 is 11.3 Å². The summed E-state index contributed by atoms with van der Waals surface area (Å²) in [7, 11) is 0. The number of hydrogen-bond donors (Lipinski definition) is 0. The zero-order chi connectivity index (χ0) is 28.4. The van der Waals surface area contributed by atoms with E-state index >= 15 is 0 Å². The minimum Gasteiger partial charge on any atom is -0.461 e. The van der Waals surface area contributed by atoms with Gasteiger partial charge in [-0.05, 0) is 81.8 Å². The van der Waals surface area contributed by atoms with Gasteiger partial charge in [-0.1, -0.05) is 42.8 Å². The van der Waals surface area contributed by atoms with Gasteiger partial charge in [-0.3, -0.25) is 4.79 Å². The van der Waals surface area contributed by atoms with Gasteiger partial charge in [-0.25, -0.2) is 9.78 Å². The Bertz CT molecular complexity index is 1350. The van der Waals surface area contributed by atoms with Crippen molar-refractivity contribution in [2.24, 2.45) is 11.8 Å². The molecule has 5 rings (SSSR count). The van der Waals surface area contributed by atoms with Crippen LogP contribution in [0.5, 0.6) is 0 Å². The molecule has 0 amide bonds. The van der Waals surface area contributed by atoms with Crippen molar-refractivity contribution >= 4 is 23.1 Å². The average molecular weight is 563 g/mol. The Kier molecular flexibility index (Phi) is 8.89. The number of ketones is 1. The number of aryl methyl sites for hydroxylation is 2. The minimum absolute atomic E-state index is 0.140. The number of aromatic nitrogens is 2. The molecule has 0 N–H and O–H groups in total. The van der Waals surface area contributed by atoms with Gasteiger partial charge < -0.3 is 9.26 Å². The SMILES string of the molecule is CCOC(=O)c1csc(CC(CC(=O)Cc2ccc(C)cc2C)c2noc(C3CC(CC(C)C)C3)c2C2CC2)n1. The highest BCUT2D eigenvalue weighted by Crippen LogP contribution is 2.52. The lowest BCUT2D eigenvalue weighted by molar-refractivity contribution is -0.118. The summed E-state index contributed by atoms with van der Waals surface area (Å²) < 4.78 is 11.3. The second-order valence-corrected chi connectivity index (χ2v) is 13.3. The van der Waals surface area contributed by atoms with E-state index in [0.29, 0.717) is 49.3 Å². The van der Waals surface area contributed by atoms with E-state index < -0.39 is 5.97 Å². The number of esters is 1. The molecule has 2 aliphatic carbocycles. The van der Waals surface area contributed by atoms with Crippen LogP contribution in [0.2, 0.25) is 0 Å². The Morgan fingerprint density at radius 1 is 1.15 bits per heavy atom. The lowest BCUT2D eigenvalue weighted by atomic mass is 9.69. The number of carbonyl (C=O) groups excluding carboxylic acids is 2. The van der Waals surface area contributed by atoms with Gasteiger partial charge >= 0.3 is 5.97 Å². The first-order chi connectivity index (χ1) is 19.2. The van der Waals surface area contributed by atoms with Crippen LogP contribution in [0.1, 0.15) is 126 Å². The van der Waals surface area contributed by atoms with Crippen LogP contribution < -0.4 is 0 Å². The highest BCUT2D eigenvalue weighted by atomic mass is 32.1. The van der Waals surface area contributed by atoms with Gasteiger partial charge in [-0.2, -0.15) is 0 Å². The Morgan fingerprint density at radius 2 is 1.93 bits per heavy atom. The molecule has 1 aromatic carbocycles. The first-order valence-corrected chi connectivity index (χ1v) is 15.8. The lowest BCUT2D eigenvalue weighted by Gasteiger charge is -2.35. The van der Waals surface area contributed by atoms with E-state index in [0.717, 1.165) is 59.2 Å². The third-order valence-electron chi connectivity index (χ3n) is 8.38. The zero-order valence-corrected chi connectivity index (χ0v) is 25.3. The summed E-state index contributed by atoms with van der Waals surface area (Å²) in [6, 6.07) is 6.27. The van der Waals surface area contributed by atoms with Crippen molar-refractivity contribution in [3.8, 4) is 0 Å². The van der Waals surface area contributed by atoms with Gasteiger partial charge in [0.05, 0.1) is 17.3 Å². The van der Waals surface area contributed by atoms with Crippen LogP contribution in [0.3, 0.4) is 0 Å². The van der Waals surface area contributed by atoms with Crippen LogP contribution in [0.15, 0.2) is 28.1 Å². The van der Waals surface area contributed by atoms with Crippen molar-refractivity contribution in [2.45, 2.75) is 104 Å². The average Bonchev–Trinajstić information content (AvgIpc) is 3.44. The van der Waals surface area contributed by atoms with Gasteiger partial charge in [-0.15, -0.1) is 11.3 Å². The van der Waals surface area contributed by atoms with Crippen molar-refractivity contribution in [1.82, 2.24) is 10.1 Å². The molecule has 2 saturated carbocycles. The first-order valence-electron chi connectivity index (χ1n) is 14.9. The number of carbonyl (C=O) groups is 2. The summed E-state index contributed by atoms with van der Waals surface area (Å²) in [6.07, 6.45) is 7.21. The molecule has 7 heteroatoms. The fourth-order valence-electron chi connectivity index (χ4n) is 6.29. The number of Topliss-reactive ketones (excluding diaryl/α,β-unsaturated/α-hetero) is 1. The monoisotopic (exact) mass is 562 g/mol. The normalized spacial score (nSPS) is 19.4. The quantitative estimate of drug-likeness (QED) is 0.197. The van der Waals surface area contributed by atoms with Gasteiger partial charge in [0, 0.05) is 42.0 Å². The van der Waals surface area contributed by atoms with Crippen LogP contribution in [0, 0.1) is 25.7 Å². The molecule has 1 atom stereocenters. The Hall–Kier alpha value is -2.80. The summed E-state index contributed by atoms with van der Waals surface area (Å²) in [5.74, 6) is 3.09. The standard InChI is InChI=1S/C33H42N2O4S/c1-6-38-33(37)28-18-40-29(34-28)17-25(16-27(36)15-24-8-7-20(4)12-21(24)5)31-30(23-9-10-23)32(39-35-31)26-13-22(14-26)11-19(2)3/h7-8,12,18-19,22-23,25-26H,6,9-11,13-17H2,1-5H3. The largest absolute Gasteiger partial charge is 0.461 e. The second-order valence-electron chi connectivity index (χ2n) is 12.4. The summed E-state index contributed by atoms with van der Waals surface area (Å²) >= 11 is 1.44.